The number of carbonyl (C=O) groups excluding carboxylic acids is 1. The van der Waals surface area contributed by atoms with Gasteiger partial charge in [-0.3, -0.25) is 4.79 Å². The molecule has 0 aliphatic carbocycles. The molecule has 0 bridgehead atoms. The van der Waals surface area contributed by atoms with Crippen LogP contribution in [0.15, 0.2) is 70.0 Å². The Hall–Kier alpha value is -2.10. The van der Waals surface area contributed by atoms with Crippen molar-refractivity contribution in [3.05, 3.63) is 91.9 Å². The summed E-state index contributed by atoms with van der Waals surface area (Å²) in [6.45, 7) is 6.24. The Morgan fingerprint density at radius 1 is 0.973 bits per heavy atom. The predicted octanol–water partition coefficient (Wildman–Crippen LogP) is 5.91. The zero-order valence-electron chi connectivity index (χ0n) is 20.6. The van der Waals surface area contributed by atoms with E-state index in [2.05, 4.69) is 46.8 Å². The molecule has 0 atom stereocenters. The highest BCUT2D eigenvalue weighted by molar-refractivity contribution is 9.10. The number of halogens is 3. The Balaban J connectivity index is 1.53. The minimum Gasteiger partial charge on any atom is -0.368 e. The third kappa shape index (κ3) is 6.49. The molecule has 1 amide bonds. The summed E-state index contributed by atoms with van der Waals surface area (Å²) in [6, 6.07) is 17.5. The highest BCUT2D eigenvalue weighted by Gasteiger charge is 2.31. The van der Waals surface area contributed by atoms with Crippen molar-refractivity contribution in [3.63, 3.8) is 0 Å². The van der Waals surface area contributed by atoms with E-state index in [4.69, 9.17) is 23.2 Å². The first-order valence-electron chi connectivity index (χ1n) is 11.8. The standard InChI is InChI=1S/C27H28BrCl2N3O3S/c1-19-4-3-5-26(20(19)2)31-12-14-32(15-13-31)27(34)18-33(17-21-6-9-23(29)16-25(21)30)37(35,36)24-10-7-22(28)8-11-24/h3-11,16H,12-15,17-18H2,1-2H3. The van der Waals surface area contributed by atoms with Crippen molar-refractivity contribution in [2.45, 2.75) is 25.3 Å². The number of benzene rings is 3. The fourth-order valence-electron chi connectivity index (χ4n) is 4.35. The van der Waals surface area contributed by atoms with E-state index < -0.39 is 10.0 Å². The number of sulfonamides is 1. The summed E-state index contributed by atoms with van der Waals surface area (Å²) in [6.07, 6.45) is 0. The number of hydrogen-bond donors (Lipinski definition) is 0. The third-order valence-electron chi connectivity index (χ3n) is 6.67. The SMILES string of the molecule is Cc1cccc(N2CCN(C(=O)CN(Cc3ccc(Cl)cc3Cl)S(=O)(=O)c3ccc(Br)cc3)CC2)c1C. The Kier molecular flexibility index (Phi) is 8.86. The molecule has 1 aliphatic rings. The van der Waals surface area contributed by atoms with Gasteiger partial charge in [0.25, 0.3) is 0 Å². The number of carbonyl (C=O) groups is 1. The minimum atomic E-state index is -3.98. The van der Waals surface area contributed by atoms with Crippen LogP contribution in [0.5, 0.6) is 0 Å². The number of piperazine rings is 1. The summed E-state index contributed by atoms with van der Waals surface area (Å²) in [7, 11) is -3.98. The fraction of sp³-hybridized carbons (Fsp3) is 0.296. The molecule has 10 heteroatoms. The van der Waals surface area contributed by atoms with Gasteiger partial charge >= 0.3 is 0 Å². The normalized spacial score (nSPS) is 14.3. The van der Waals surface area contributed by atoms with Gasteiger partial charge in [0.1, 0.15) is 0 Å². The molecule has 0 radical (unpaired) electrons. The van der Waals surface area contributed by atoms with Gasteiger partial charge in [0.2, 0.25) is 15.9 Å². The molecule has 3 aromatic rings. The van der Waals surface area contributed by atoms with Crippen molar-refractivity contribution in [1.29, 1.82) is 0 Å². The maximum absolute atomic E-state index is 13.6. The maximum Gasteiger partial charge on any atom is 0.243 e. The van der Waals surface area contributed by atoms with E-state index in [1.165, 1.54) is 33.3 Å². The van der Waals surface area contributed by atoms with Crippen LogP contribution in [0.2, 0.25) is 10.0 Å². The lowest BCUT2D eigenvalue weighted by Gasteiger charge is -2.37. The number of nitrogens with zero attached hydrogens (tertiary/aromatic N) is 3. The van der Waals surface area contributed by atoms with Crippen molar-refractivity contribution in [2.75, 3.05) is 37.6 Å². The summed E-state index contributed by atoms with van der Waals surface area (Å²) in [5.74, 6) is -0.244. The van der Waals surface area contributed by atoms with Gasteiger partial charge < -0.3 is 9.80 Å². The summed E-state index contributed by atoms with van der Waals surface area (Å²) in [5.41, 5.74) is 4.20. The molecule has 0 saturated carbocycles. The molecule has 37 heavy (non-hydrogen) atoms. The third-order valence-corrected chi connectivity index (χ3v) is 9.60. The van der Waals surface area contributed by atoms with Crippen molar-refractivity contribution in [1.82, 2.24) is 9.21 Å². The highest BCUT2D eigenvalue weighted by atomic mass is 79.9. The molecule has 1 fully saturated rings. The number of amides is 1. The van der Waals surface area contributed by atoms with Crippen molar-refractivity contribution in [2.24, 2.45) is 0 Å². The minimum absolute atomic E-state index is 0.0530. The van der Waals surface area contributed by atoms with E-state index in [-0.39, 0.29) is 23.9 Å². The van der Waals surface area contributed by atoms with Crippen molar-refractivity contribution >= 4 is 60.7 Å². The molecule has 1 aliphatic heterocycles. The van der Waals surface area contributed by atoms with Crippen LogP contribution in [0.4, 0.5) is 5.69 Å². The molecule has 3 aromatic carbocycles. The second-order valence-corrected chi connectivity index (χ2v) is 12.7. The van der Waals surface area contributed by atoms with E-state index in [1.54, 1.807) is 35.2 Å². The smallest absolute Gasteiger partial charge is 0.243 e. The zero-order valence-corrected chi connectivity index (χ0v) is 24.5. The number of rotatable bonds is 7. The van der Waals surface area contributed by atoms with E-state index >= 15 is 0 Å². The van der Waals surface area contributed by atoms with E-state index in [1.807, 2.05) is 6.07 Å². The second kappa shape index (κ2) is 11.7. The zero-order chi connectivity index (χ0) is 26.7. The average molecular weight is 625 g/mol. The molecular formula is C27H28BrCl2N3O3S. The van der Waals surface area contributed by atoms with Crippen LogP contribution >= 0.6 is 39.1 Å². The molecule has 0 unspecified atom stereocenters. The maximum atomic E-state index is 13.6. The van der Waals surface area contributed by atoms with Crippen LogP contribution in [-0.4, -0.2) is 56.3 Å². The number of aryl methyl sites for hydroxylation is 1. The molecule has 0 spiro atoms. The second-order valence-electron chi connectivity index (χ2n) is 9.05. The molecule has 4 rings (SSSR count). The molecule has 1 heterocycles. The van der Waals surface area contributed by atoms with Crippen LogP contribution < -0.4 is 4.90 Å². The van der Waals surface area contributed by atoms with Gasteiger partial charge in [0.05, 0.1) is 11.4 Å². The van der Waals surface area contributed by atoms with Crippen molar-refractivity contribution in [3.8, 4) is 0 Å². The summed E-state index contributed by atoms with van der Waals surface area (Å²) >= 11 is 15.7. The van der Waals surface area contributed by atoms with Crippen LogP contribution in [0.3, 0.4) is 0 Å². The Bertz CT molecular complexity index is 1390. The molecule has 196 valence electrons. The molecule has 0 aromatic heterocycles. The van der Waals surface area contributed by atoms with Gasteiger partial charge in [-0.05, 0) is 73.0 Å². The van der Waals surface area contributed by atoms with E-state index in [0.29, 0.717) is 41.8 Å². The average Bonchev–Trinajstić information content (AvgIpc) is 2.87. The van der Waals surface area contributed by atoms with Crippen LogP contribution in [0, 0.1) is 13.8 Å². The first-order chi connectivity index (χ1) is 17.6. The largest absolute Gasteiger partial charge is 0.368 e. The van der Waals surface area contributed by atoms with E-state index in [0.717, 1.165) is 4.47 Å². The van der Waals surface area contributed by atoms with Gasteiger partial charge in [0.15, 0.2) is 0 Å². The van der Waals surface area contributed by atoms with Crippen LogP contribution in [-0.2, 0) is 21.4 Å². The van der Waals surface area contributed by atoms with Gasteiger partial charge in [-0.15, -0.1) is 0 Å². The van der Waals surface area contributed by atoms with Gasteiger partial charge in [-0.2, -0.15) is 4.31 Å². The number of anilines is 1. The first-order valence-corrected chi connectivity index (χ1v) is 14.8. The van der Waals surface area contributed by atoms with Gasteiger partial charge in [-0.1, -0.05) is 57.3 Å². The molecule has 1 saturated heterocycles. The van der Waals surface area contributed by atoms with Crippen LogP contribution in [0.25, 0.3) is 0 Å². The van der Waals surface area contributed by atoms with Crippen LogP contribution in [0.1, 0.15) is 16.7 Å². The Labute approximate surface area is 237 Å². The topological polar surface area (TPSA) is 60.9 Å². The quantitative estimate of drug-likeness (QED) is 0.328. The fourth-order valence-corrected chi connectivity index (χ4v) is 6.45. The first kappa shape index (κ1) is 27.9. The van der Waals surface area contributed by atoms with Gasteiger partial charge in [-0.25, -0.2) is 8.42 Å². The van der Waals surface area contributed by atoms with Gasteiger partial charge in [0, 0.05) is 52.9 Å². The number of hydrogen-bond acceptors (Lipinski definition) is 4. The summed E-state index contributed by atoms with van der Waals surface area (Å²) < 4.78 is 29.2. The molecular weight excluding hydrogens is 597 g/mol. The summed E-state index contributed by atoms with van der Waals surface area (Å²) in [4.78, 5) is 17.5. The summed E-state index contributed by atoms with van der Waals surface area (Å²) in [5, 5.41) is 0.798. The lowest BCUT2D eigenvalue weighted by Crippen LogP contribution is -2.52. The van der Waals surface area contributed by atoms with E-state index in [9.17, 15) is 13.2 Å². The lowest BCUT2D eigenvalue weighted by molar-refractivity contribution is -0.131. The van der Waals surface area contributed by atoms with Crippen molar-refractivity contribution < 1.29 is 13.2 Å². The monoisotopic (exact) mass is 623 g/mol. The Morgan fingerprint density at radius 3 is 2.30 bits per heavy atom. The lowest BCUT2D eigenvalue weighted by atomic mass is 10.1. The molecule has 0 N–H and O–H groups in total. The highest BCUT2D eigenvalue weighted by Crippen LogP contribution is 2.27. The predicted molar refractivity (Wildman–Crippen MR) is 153 cm³/mol. The molecule has 6 nitrogen and oxygen atoms in total. The Morgan fingerprint density at radius 2 is 1.65 bits per heavy atom.